The summed E-state index contributed by atoms with van der Waals surface area (Å²) in [6, 6.07) is 13.1. The second-order valence-corrected chi connectivity index (χ2v) is 7.61. The second-order valence-electron chi connectivity index (χ2n) is 7.61. The Labute approximate surface area is 164 Å². The van der Waals surface area contributed by atoms with E-state index in [2.05, 4.69) is 10.3 Å². The zero-order valence-corrected chi connectivity index (χ0v) is 15.7. The molecule has 2 heterocycles. The molecule has 0 unspecified atom stereocenters. The highest BCUT2D eigenvalue weighted by Gasteiger charge is 2.51. The third kappa shape index (κ3) is 3.78. The van der Waals surface area contributed by atoms with Crippen LogP contribution in [0.1, 0.15) is 29.9 Å². The zero-order valence-electron chi connectivity index (χ0n) is 15.7. The lowest BCUT2D eigenvalue weighted by Gasteiger charge is -2.55. The number of carbonyl (C=O) groups excluding carboxylic acids is 2. The zero-order chi connectivity index (χ0) is 19.5. The van der Waals surface area contributed by atoms with Crippen molar-refractivity contribution in [2.75, 3.05) is 13.2 Å². The maximum absolute atomic E-state index is 13.0. The largest absolute Gasteiger partial charge is 0.394 e. The number of benzene rings is 1. The summed E-state index contributed by atoms with van der Waals surface area (Å²) < 4.78 is 0. The van der Waals surface area contributed by atoms with Crippen LogP contribution in [-0.4, -0.2) is 52.0 Å². The van der Waals surface area contributed by atoms with Crippen molar-refractivity contribution in [3.63, 3.8) is 0 Å². The van der Waals surface area contributed by atoms with Crippen molar-refractivity contribution in [1.29, 1.82) is 0 Å². The molecule has 1 aromatic carbocycles. The van der Waals surface area contributed by atoms with Crippen LogP contribution in [0.5, 0.6) is 0 Å². The van der Waals surface area contributed by atoms with Crippen LogP contribution in [0.15, 0.2) is 54.9 Å². The Kier molecular flexibility index (Phi) is 5.39. The Bertz CT molecular complexity index is 823. The molecule has 0 radical (unpaired) electrons. The number of nitrogens with zero attached hydrogens (tertiary/aromatic N) is 2. The molecule has 6 nitrogen and oxygen atoms in total. The van der Waals surface area contributed by atoms with Crippen molar-refractivity contribution in [2.24, 2.45) is 5.92 Å². The van der Waals surface area contributed by atoms with Crippen LogP contribution < -0.4 is 5.32 Å². The molecule has 2 aromatic rings. The lowest BCUT2D eigenvalue weighted by atomic mass is 9.74. The lowest BCUT2D eigenvalue weighted by molar-refractivity contribution is -0.150. The summed E-state index contributed by atoms with van der Waals surface area (Å²) in [4.78, 5) is 31.0. The van der Waals surface area contributed by atoms with Crippen LogP contribution in [0.4, 0.5) is 0 Å². The van der Waals surface area contributed by atoms with Crippen LogP contribution in [0.25, 0.3) is 0 Å². The van der Waals surface area contributed by atoms with Crippen LogP contribution in [0.2, 0.25) is 0 Å². The van der Waals surface area contributed by atoms with E-state index >= 15 is 0 Å². The van der Waals surface area contributed by atoms with Gasteiger partial charge in [0.15, 0.2) is 0 Å². The minimum Gasteiger partial charge on any atom is -0.394 e. The van der Waals surface area contributed by atoms with E-state index in [1.54, 1.807) is 17.3 Å². The van der Waals surface area contributed by atoms with Crippen molar-refractivity contribution >= 4 is 11.8 Å². The minimum absolute atomic E-state index is 0.00329. The van der Waals surface area contributed by atoms with Gasteiger partial charge in [0.2, 0.25) is 11.8 Å². The van der Waals surface area contributed by atoms with Gasteiger partial charge in [-0.05, 0) is 30.0 Å². The fourth-order valence-corrected chi connectivity index (χ4v) is 4.13. The molecule has 146 valence electrons. The van der Waals surface area contributed by atoms with Crippen LogP contribution in [0.3, 0.4) is 0 Å². The molecule has 28 heavy (non-hydrogen) atoms. The van der Waals surface area contributed by atoms with E-state index in [9.17, 15) is 14.7 Å². The summed E-state index contributed by atoms with van der Waals surface area (Å²) in [5.41, 5.74) is 1.92. The first-order chi connectivity index (χ1) is 13.7. The molecule has 2 N–H and O–H groups in total. The van der Waals surface area contributed by atoms with Crippen molar-refractivity contribution in [3.8, 4) is 0 Å². The Balaban J connectivity index is 1.53. The third-order valence-electron chi connectivity index (χ3n) is 5.71. The van der Waals surface area contributed by atoms with Gasteiger partial charge in [0.1, 0.15) is 0 Å². The van der Waals surface area contributed by atoms with E-state index in [-0.39, 0.29) is 48.8 Å². The van der Waals surface area contributed by atoms with Gasteiger partial charge in [-0.3, -0.25) is 14.6 Å². The maximum Gasteiger partial charge on any atom is 0.227 e. The SMILES string of the molecule is O=C(NC[C@H]1[C@@H](c2ccccc2)[C@@H](CO)N1C(=O)Cc1cccnc1)C1CC1. The number of aromatic nitrogens is 1. The monoisotopic (exact) mass is 379 g/mol. The molecule has 4 rings (SSSR count). The van der Waals surface area contributed by atoms with Crippen LogP contribution in [0, 0.1) is 5.92 Å². The number of hydrogen-bond acceptors (Lipinski definition) is 4. The van der Waals surface area contributed by atoms with Gasteiger partial charge in [-0.15, -0.1) is 0 Å². The van der Waals surface area contributed by atoms with Crippen LogP contribution >= 0.6 is 0 Å². The van der Waals surface area contributed by atoms with E-state index in [1.165, 1.54) is 0 Å². The number of carbonyl (C=O) groups is 2. The summed E-state index contributed by atoms with van der Waals surface area (Å²) in [5, 5.41) is 13.0. The molecule has 1 saturated heterocycles. The quantitative estimate of drug-likeness (QED) is 0.764. The predicted molar refractivity (Wildman–Crippen MR) is 104 cm³/mol. The first kappa shape index (κ1) is 18.6. The summed E-state index contributed by atoms with van der Waals surface area (Å²) in [6.45, 7) is 0.301. The Morgan fingerprint density at radius 1 is 1.11 bits per heavy atom. The van der Waals surface area contributed by atoms with Gasteiger partial charge in [-0.1, -0.05) is 36.4 Å². The number of likely N-dealkylation sites (tertiary alicyclic amines) is 1. The highest BCUT2D eigenvalue weighted by molar-refractivity contribution is 5.82. The molecule has 1 aromatic heterocycles. The number of aliphatic hydroxyl groups is 1. The van der Waals surface area contributed by atoms with Gasteiger partial charge < -0.3 is 15.3 Å². The van der Waals surface area contributed by atoms with Crippen molar-refractivity contribution in [3.05, 3.63) is 66.0 Å². The summed E-state index contributed by atoms with van der Waals surface area (Å²) in [5.74, 6) is 0.149. The molecular weight excluding hydrogens is 354 g/mol. The molecule has 2 aliphatic rings. The topological polar surface area (TPSA) is 82.5 Å². The van der Waals surface area contributed by atoms with E-state index < -0.39 is 0 Å². The highest BCUT2D eigenvalue weighted by atomic mass is 16.3. The number of rotatable bonds is 7. The Hall–Kier alpha value is -2.73. The van der Waals surface area contributed by atoms with Crippen molar-refractivity contribution in [2.45, 2.75) is 37.3 Å². The minimum atomic E-state index is -0.283. The lowest BCUT2D eigenvalue weighted by Crippen LogP contribution is -2.68. The van der Waals surface area contributed by atoms with Gasteiger partial charge in [0, 0.05) is 30.8 Å². The molecule has 2 amide bonds. The maximum atomic E-state index is 13.0. The normalized spacial score (nSPS) is 23.8. The molecule has 0 spiro atoms. The Morgan fingerprint density at radius 3 is 2.54 bits per heavy atom. The van der Waals surface area contributed by atoms with E-state index in [4.69, 9.17) is 0 Å². The number of pyridine rings is 1. The van der Waals surface area contributed by atoms with Gasteiger partial charge in [-0.25, -0.2) is 0 Å². The molecule has 1 aliphatic heterocycles. The standard InChI is InChI=1S/C22H25N3O3/c26-14-19-21(16-6-2-1-3-7-16)18(13-24-22(28)17-8-9-17)25(19)20(27)11-15-5-4-10-23-12-15/h1-7,10,12,17-19,21,26H,8-9,11,13-14H2,(H,24,28)/t18-,19+,21+/m0/s1. The number of hydrogen-bond donors (Lipinski definition) is 2. The molecular formula is C22H25N3O3. The van der Waals surface area contributed by atoms with Crippen LogP contribution in [-0.2, 0) is 16.0 Å². The van der Waals surface area contributed by atoms with Crippen molar-refractivity contribution < 1.29 is 14.7 Å². The van der Waals surface area contributed by atoms with Gasteiger partial charge in [0.25, 0.3) is 0 Å². The smallest absolute Gasteiger partial charge is 0.227 e. The summed E-state index contributed by atoms with van der Waals surface area (Å²) in [6.07, 6.45) is 5.49. The summed E-state index contributed by atoms with van der Waals surface area (Å²) in [7, 11) is 0. The van der Waals surface area contributed by atoms with Gasteiger partial charge in [-0.2, -0.15) is 0 Å². The highest BCUT2D eigenvalue weighted by Crippen LogP contribution is 2.41. The number of nitrogens with one attached hydrogen (secondary N) is 1. The molecule has 0 bridgehead atoms. The average Bonchev–Trinajstić information content (AvgIpc) is 3.54. The summed E-state index contributed by atoms with van der Waals surface area (Å²) >= 11 is 0. The van der Waals surface area contributed by atoms with E-state index in [1.807, 2.05) is 42.5 Å². The third-order valence-corrected chi connectivity index (χ3v) is 5.71. The first-order valence-corrected chi connectivity index (χ1v) is 9.82. The van der Waals surface area contributed by atoms with Gasteiger partial charge in [0.05, 0.1) is 25.1 Å². The van der Waals surface area contributed by atoms with Crippen molar-refractivity contribution in [1.82, 2.24) is 15.2 Å². The van der Waals surface area contributed by atoms with E-state index in [0.717, 1.165) is 24.0 Å². The number of aliphatic hydroxyl groups excluding tert-OH is 1. The molecule has 6 heteroatoms. The number of amides is 2. The van der Waals surface area contributed by atoms with E-state index in [0.29, 0.717) is 6.54 Å². The predicted octanol–water partition coefficient (Wildman–Crippen LogP) is 1.51. The molecule has 2 fully saturated rings. The molecule has 1 aliphatic carbocycles. The molecule has 1 saturated carbocycles. The van der Waals surface area contributed by atoms with Gasteiger partial charge >= 0.3 is 0 Å². The fourth-order valence-electron chi connectivity index (χ4n) is 4.13. The first-order valence-electron chi connectivity index (χ1n) is 9.82. The Morgan fingerprint density at radius 2 is 1.89 bits per heavy atom. The average molecular weight is 379 g/mol. The molecule has 3 atom stereocenters. The second kappa shape index (κ2) is 8.10. The fraction of sp³-hybridized carbons (Fsp3) is 0.409.